The van der Waals surface area contributed by atoms with Crippen molar-refractivity contribution in [3.8, 4) is 0 Å². The molecule has 2 unspecified atom stereocenters. The Kier molecular flexibility index (Phi) is 13.2. The van der Waals surface area contributed by atoms with Gasteiger partial charge in [0, 0.05) is 6.54 Å². The second-order valence-corrected chi connectivity index (χ2v) is 11.1. The van der Waals surface area contributed by atoms with Gasteiger partial charge in [-0.2, -0.15) is 0 Å². The van der Waals surface area contributed by atoms with Crippen LogP contribution in [0.2, 0.25) is 0 Å². The number of hydrogen-bond acceptors (Lipinski definition) is 6. The highest BCUT2D eigenvalue weighted by Gasteiger charge is 2.34. The van der Waals surface area contributed by atoms with Gasteiger partial charge in [-0.3, -0.25) is 24.2 Å². The van der Waals surface area contributed by atoms with E-state index in [1.54, 1.807) is 39.8 Å². The standard InChI is InChI=1S/C31H47N5O5/c1-8-10-16-26(37)20(5)28(38)34-27(19(3)4)30(40)33-22(7)31(41)36-17-12-15-25(35-36)29(39)32-21(6)24-14-11-13-23(9-2)18-24/h8-9,11,13-14,18-22,25-27,35,37H,1-2,10,12,15-17H2,3-7H3,(H,32,39)(H,33,40)(H,34,38)/t20-,21-,22?,25?,26-,27+/m1/s1. The van der Waals surface area contributed by atoms with Crippen molar-refractivity contribution in [1.82, 2.24) is 26.4 Å². The molecule has 1 saturated heterocycles. The number of benzene rings is 1. The van der Waals surface area contributed by atoms with Crippen molar-refractivity contribution in [1.29, 1.82) is 0 Å². The molecule has 2 rings (SSSR count). The lowest BCUT2D eigenvalue weighted by Gasteiger charge is -2.35. The quantitative estimate of drug-likeness (QED) is 0.218. The fourth-order valence-electron chi connectivity index (χ4n) is 4.62. The molecule has 0 radical (unpaired) electrons. The lowest BCUT2D eigenvalue weighted by molar-refractivity contribution is -0.143. The zero-order valence-electron chi connectivity index (χ0n) is 25.0. The van der Waals surface area contributed by atoms with E-state index in [-0.39, 0.29) is 23.8 Å². The average Bonchev–Trinajstić information content (AvgIpc) is 2.97. The van der Waals surface area contributed by atoms with Crippen LogP contribution in [0.25, 0.3) is 6.08 Å². The number of aliphatic hydroxyl groups is 1. The van der Waals surface area contributed by atoms with Crippen molar-refractivity contribution in [2.24, 2.45) is 11.8 Å². The SMILES string of the molecule is C=CCC[C@@H](O)[C@@H](C)C(=O)N[C@H](C(=O)NC(C)C(=O)N1CCCC(C(=O)N[C@H](C)c2cccc(C=C)c2)N1)C(C)C. The summed E-state index contributed by atoms with van der Waals surface area (Å²) in [5.41, 5.74) is 4.92. The first kappa shape index (κ1) is 33.7. The zero-order chi connectivity index (χ0) is 30.7. The highest BCUT2D eigenvalue weighted by Crippen LogP contribution is 2.17. The molecule has 1 aromatic rings. The first-order valence-corrected chi connectivity index (χ1v) is 14.4. The van der Waals surface area contributed by atoms with Crippen LogP contribution in [0.1, 0.15) is 77.5 Å². The van der Waals surface area contributed by atoms with Gasteiger partial charge in [-0.15, -0.1) is 6.58 Å². The van der Waals surface area contributed by atoms with E-state index in [0.29, 0.717) is 32.2 Å². The Balaban J connectivity index is 1.96. The molecular weight excluding hydrogens is 522 g/mol. The minimum atomic E-state index is -0.897. The van der Waals surface area contributed by atoms with Crippen LogP contribution in [0, 0.1) is 11.8 Å². The first-order valence-electron chi connectivity index (χ1n) is 14.4. The number of carbonyl (C=O) groups is 4. The molecule has 10 heteroatoms. The lowest BCUT2D eigenvalue weighted by Crippen LogP contribution is -2.62. The number of nitrogens with one attached hydrogen (secondary N) is 4. The van der Waals surface area contributed by atoms with E-state index in [4.69, 9.17) is 0 Å². The van der Waals surface area contributed by atoms with Gasteiger partial charge < -0.3 is 21.1 Å². The Morgan fingerprint density at radius 1 is 1.07 bits per heavy atom. The van der Waals surface area contributed by atoms with E-state index in [1.165, 1.54) is 5.01 Å². The molecule has 1 aliphatic rings. The maximum Gasteiger partial charge on any atom is 0.258 e. The third-order valence-corrected chi connectivity index (χ3v) is 7.41. The van der Waals surface area contributed by atoms with Gasteiger partial charge in [-0.25, -0.2) is 5.43 Å². The molecule has 41 heavy (non-hydrogen) atoms. The van der Waals surface area contributed by atoms with Gasteiger partial charge in [0.25, 0.3) is 5.91 Å². The van der Waals surface area contributed by atoms with Gasteiger partial charge in [0.1, 0.15) is 18.1 Å². The summed E-state index contributed by atoms with van der Waals surface area (Å²) < 4.78 is 0. The Bertz CT molecular complexity index is 1090. The van der Waals surface area contributed by atoms with E-state index in [9.17, 15) is 24.3 Å². The Hall–Kier alpha value is -3.50. The fraction of sp³-hybridized carbons (Fsp3) is 0.548. The maximum atomic E-state index is 13.2. The number of nitrogens with zero attached hydrogens (tertiary/aromatic N) is 1. The van der Waals surface area contributed by atoms with E-state index < -0.39 is 42.0 Å². The van der Waals surface area contributed by atoms with Crippen LogP contribution in [0.15, 0.2) is 43.5 Å². The van der Waals surface area contributed by atoms with E-state index in [2.05, 4.69) is 34.5 Å². The number of hydrogen-bond donors (Lipinski definition) is 5. The number of hydrazine groups is 1. The van der Waals surface area contributed by atoms with Crippen molar-refractivity contribution in [2.45, 2.75) is 90.6 Å². The molecule has 1 aromatic carbocycles. The predicted octanol–water partition coefficient (Wildman–Crippen LogP) is 2.61. The molecule has 6 atom stereocenters. The summed E-state index contributed by atoms with van der Waals surface area (Å²) >= 11 is 0. The number of amides is 4. The highest BCUT2D eigenvalue weighted by molar-refractivity contribution is 5.92. The number of allylic oxidation sites excluding steroid dienone is 1. The van der Waals surface area contributed by atoms with Gasteiger partial charge in [-0.05, 0) is 62.6 Å². The Labute approximate surface area is 244 Å². The minimum Gasteiger partial charge on any atom is -0.392 e. The molecule has 0 aliphatic carbocycles. The molecule has 0 spiro atoms. The summed E-state index contributed by atoms with van der Waals surface area (Å²) in [4.78, 5) is 52.0. The topological polar surface area (TPSA) is 140 Å². The Morgan fingerprint density at radius 2 is 1.78 bits per heavy atom. The fourth-order valence-corrected chi connectivity index (χ4v) is 4.62. The lowest BCUT2D eigenvalue weighted by atomic mass is 9.97. The monoisotopic (exact) mass is 569 g/mol. The predicted molar refractivity (Wildman–Crippen MR) is 160 cm³/mol. The molecule has 1 aliphatic heterocycles. The number of carbonyl (C=O) groups excluding carboxylic acids is 4. The molecule has 5 N–H and O–H groups in total. The van der Waals surface area contributed by atoms with E-state index in [1.807, 2.05) is 31.2 Å². The van der Waals surface area contributed by atoms with Crippen LogP contribution >= 0.6 is 0 Å². The largest absolute Gasteiger partial charge is 0.392 e. The third kappa shape index (κ3) is 9.82. The normalized spacial score (nSPS) is 18.8. The van der Waals surface area contributed by atoms with Crippen LogP contribution in [0.4, 0.5) is 0 Å². The summed E-state index contributed by atoms with van der Waals surface area (Å²) in [7, 11) is 0. The van der Waals surface area contributed by atoms with Gasteiger partial charge >= 0.3 is 0 Å². The summed E-state index contributed by atoms with van der Waals surface area (Å²) in [6.45, 7) is 16.5. The van der Waals surface area contributed by atoms with Gasteiger partial charge in [0.15, 0.2) is 0 Å². The van der Waals surface area contributed by atoms with Crippen LogP contribution in [0.5, 0.6) is 0 Å². The average molecular weight is 570 g/mol. The second kappa shape index (κ2) is 16.1. The Morgan fingerprint density at radius 3 is 2.41 bits per heavy atom. The molecule has 0 saturated carbocycles. The van der Waals surface area contributed by atoms with Crippen molar-refractivity contribution >= 4 is 29.7 Å². The van der Waals surface area contributed by atoms with Crippen molar-refractivity contribution in [2.75, 3.05) is 6.54 Å². The van der Waals surface area contributed by atoms with Gasteiger partial charge in [-0.1, -0.05) is 57.7 Å². The van der Waals surface area contributed by atoms with Crippen molar-refractivity contribution in [3.05, 3.63) is 54.6 Å². The summed E-state index contributed by atoms with van der Waals surface area (Å²) in [5.74, 6) is -2.51. The van der Waals surface area contributed by atoms with Crippen LogP contribution < -0.4 is 21.4 Å². The zero-order valence-corrected chi connectivity index (χ0v) is 25.0. The van der Waals surface area contributed by atoms with Crippen molar-refractivity contribution < 1.29 is 24.3 Å². The minimum absolute atomic E-state index is 0.220. The molecule has 1 fully saturated rings. The van der Waals surface area contributed by atoms with E-state index in [0.717, 1.165) is 11.1 Å². The maximum absolute atomic E-state index is 13.2. The summed E-state index contributed by atoms with van der Waals surface area (Å²) in [5, 5.41) is 20.1. The third-order valence-electron chi connectivity index (χ3n) is 7.41. The molecular formula is C31H47N5O5. The van der Waals surface area contributed by atoms with E-state index >= 15 is 0 Å². The smallest absolute Gasteiger partial charge is 0.258 e. The molecule has 1 heterocycles. The number of aliphatic hydroxyl groups excluding tert-OH is 1. The summed E-state index contributed by atoms with van der Waals surface area (Å²) in [6, 6.07) is 5.13. The second-order valence-electron chi connectivity index (χ2n) is 11.1. The van der Waals surface area contributed by atoms with Crippen LogP contribution in [0.3, 0.4) is 0 Å². The van der Waals surface area contributed by atoms with Crippen LogP contribution in [-0.2, 0) is 19.2 Å². The van der Waals surface area contributed by atoms with Crippen LogP contribution in [-0.4, -0.2) is 64.5 Å². The molecule has 4 amide bonds. The highest BCUT2D eigenvalue weighted by atomic mass is 16.3. The molecule has 10 nitrogen and oxygen atoms in total. The molecule has 226 valence electrons. The first-order chi connectivity index (χ1) is 19.4. The summed E-state index contributed by atoms with van der Waals surface area (Å²) in [6.07, 6.45) is 4.71. The molecule has 0 bridgehead atoms. The van der Waals surface area contributed by atoms with Crippen molar-refractivity contribution in [3.63, 3.8) is 0 Å². The molecule has 0 aromatic heterocycles. The van der Waals surface area contributed by atoms with Gasteiger partial charge in [0.2, 0.25) is 17.7 Å². The van der Waals surface area contributed by atoms with Gasteiger partial charge in [0.05, 0.1) is 18.1 Å². The number of rotatable bonds is 14.